The van der Waals surface area contributed by atoms with Gasteiger partial charge in [0.2, 0.25) is 0 Å². The summed E-state index contributed by atoms with van der Waals surface area (Å²) in [4.78, 5) is 21.1. The van der Waals surface area contributed by atoms with Crippen molar-refractivity contribution in [3.8, 4) is 33.9 Å². The SMILES string of the molecule is CC(C)Nc1cncc(-c2cc3c(-c4nc5c(-c6cccnc6)nccc5[nH]4)n[nH]c3cc2F)c1. The van der Waals surface area contributed by atoms with Crippen LogP contribution in [0, 0.1) is 5.82 Å². The Hall–Kier alpha value is -4.66. The molecule has 0 unspecified atom stereocenters. The topological polar surface area (TPSA) is 108 Å². The highest BCUT2D eigenvalue weighted by Crippen LogP contribution is 2.34. The number of aromatic nitrogens is 7. The van der Waals surface area contributed by atoms with Gasteiger partial charge in [-0.25, -0.2) is 9.37 Å². The monoisotopic (exact) mass is 464 g/mol. The van der Waals surface area contributed by atoms with Crippen molar-refractivity contribution >= 4 is 27.6 Å². The summed E-state index contributed by atoms with van der Waals surface area (Å²) in [6.07, 6.45) is 8.59. The average molecular weight is 465 g/mol. The molecule has 0 aliphatic heterocycles. The van der Waals surface area contributed by atoms with Crippen LogP contribution in [0.4, 0.5) is 10.1 Å². The van der Waals surface area contributed by atoms with Crippen molar-refractivity contribution in [2.45, 2.75) is 19.9 Å². The predicted octanol–water partition coefficient (Wildman–Crippen LogP) is 5.58. The normalized spacial score (nSPS) is 11.5. The van der Waals surface area contributed by atoms with Crippen molar-refractivity contribution in [3.63, 3.8) is 0 Å². The zero-order valence-electron chi connectivity index (χ0n) is 19.0. The number of fused-ring (bicyclic) bond motifs is 2. The van der Waals surface area contributed by atoms with Crippen LogP contribution in [0.25, 0.3) is 55.8 Å². The summed E-state index contributed by atoms with van der Waals surface area (Å²) in [7, 11) is 0. The molecule has 0 spiro atoms. The summed E-state index contributed by atoms with van der Waals surface area (Å²) in [5.41, 5.74) is 6.26. The maximum absolute atomic E-state index is 15.1. The number of hydrogen-bond donors (Lipinski definition) is 3. The standard InChI is InChI=1S/C26H21FN8/c1-14(2)31-17-8-16(12-29-13-17)18-9-19-22(10-20(18)27)34-35-24(19)26-32-21-5-7-30-23(25(21)33-26)15-4-3-6-28-11-15/h3-14,31H,1-2H3,(H,32,33)(H,34,35). The lowest BCUT2D eigenvalue weighted by Gasteiger charge is -2.11. The van der Waals surface area contributed by atoms with E-state index < -0.39 is 0 Å². The van der Waals surface area contributed by atoms with E-state index in [2.05, 4.69) is 35.5 Å². The zero-order chi connectivity index (χ0) is 23.9. The molecule has 172 valence electrons. The maximum atomic E-state index is 15.1. The molecule has 1 aromatic carbocycles. The molecule has 6 rings (SSSR count). The highest BCUT2D eigenvalue weighted by molar-refractivity contribution is 5.97. The Morgan fingerprint density at radius 3 is 2.63 bits per heavy atom. The third-order valence-electron chi connectivity index (χ3n) is 5.72. The number of anilines is 1. The predicted molar refractivity (Wildman–Crippen MR) is 134 cm³/mol. The second-order valence-electron chi connectivity index (χ2n) is 8.59. The summed E-state index contributed by atoms with van der Waals surface area (Å²) in [6.45, 7) is 4.08. The highest BCUT2D eigenvalue weighted by atomic mass is 19.1. The smallest absolute Gasteiger partial charge is 0.159 e. The van der Waals surface area contributed by atoms with E-state index in [1.54, 1.807) is 37.1 Å². The molecular weight excluding hydrogens is 443 g/mol. The van der Waals surface area contributed by atoms with Gasteiger partial charge < -0.3 is 10.3 Å². The second-order valence-corrected chi connectivity index (χ2v) is 8.59. The molecule has 0 bridgehead atoms. The molecule has 5 aromatic heterocycles. The Bertz CT molecular complexity index is 1670. The second kappa shape index (κ2) is 8.28. The van der Waals surface area contributed by atoms with Crippen LogP contribution in [0.15, 0.2) is 67.4 Å². The number of nitrogens with zero attached hydrogens (tertiary/aromatic N) is 5. The summed E-state index contributed by atoms with van der Waals surface area (Å²) in [5.74, 6) is 0.208. The van der Waals surface area contributed by atoms with Gasteiger partial charge in [0.15, 0.2) is 5.82 Å². The molecule has 0 radical (unpaired) electrons. The molecule has 6 aromatic rings. The molecule has 5 heterocycles. The minimum Gasteiger partial charge on any atom is -0.382 e. The van der Waals surface area contributed by atoms with Crippen molar-refractivity contribution in [2.24, 2.45) is 0 Å². The first-order chi connectivity index (χ1) is 17.1. The quantitative estimate of drug-likeness (QED) is 0.307. The molecule has 0 atom stereocenters. The van der Waals surface area contributed by atoms with E-state index in [-0.39, 0.29) is 11.9 Å². The van der Waals surface area contributed by atoms with Crippen LogP contribution < -0.4 is 5.32 Å². The van der Waals surface area contributed by atoms with Crippen LogP contribution in [0.2, 0.25) is 0 Å². The van der Waals surface area contributed by atoms with Gasteiger partial charge in [0, 0.05) is 65.2 Å². The first-order valence-electron chi connectivity index (χ1n) is 11.2. The molecule has 35 heavy (non-hydrogen) atoms. The molecule has 0 aliphatic carbocycles. The van der Waals surface area contributed by atoms with Gasteiger partial charge in [-0.1, -0.05) is 0 Å². The van der Waals surface area contributed by atoms with Gasteiger partial charge in [-0.05, 0) is 44.2 Å². The molecule has 0 saturated carbocycles. The third-order valence-corrected chi connectivity index (χ3v) is 5.72. The van der Waals surface area contributed by atoms with Crippen molar-refractivity contribution in [1.82, 2.24) is 35.1 Å². The van der Waals surface area contributed by atoms with Gasteiger partial charge >= 0.3 is 0 Å². The Morgan fingerprint density at radius 2 is 1.80 bits per heavy atom. The number of rotatable bonds is 5. The molecular formula is C26H21FN8. The van der Waals surface area contributed by atoms with Crippen LogP contribution in [-0.4, -0.2) is 41.2 Å². The minimum absolute atomic E-state index is 0.235. The van der Waals surface area contributed by atoms with E-state index >= 15 is 4.39 Å². The number of aromatic amines is 2. The van der Waals surface area contributed by atoms with Gasteiger partial charge in [-0.2, -0.15) is 5.10 Å². The number of pyridine rings is 3. The molecule has 8 nitrogen and oxygen atoms in total. The first-order valence-corrected chi connectivity index (χ1v) is 11.2. The fourth-order valence-electron chi connectivity index (χ4n) is 4.20. The highest BCUT2D eigenvalue weighted by Gasteiger charge is 2.18. The Labute approximate surface area is 199 Å². The van der Waals surface area contributed by atoms with E-state index in [9.17, 15) is 0 Å². The van der Waals surface area contributed by atoms with Crippen LogP contribution in [0.1, 0.15) is 13.8 Å². The third kappa shape index (κ3) is 3.76. The average Bonchev–Trinajstić information content (AvgIpc) is 3.47. The molecule has 0 saturated heterocycles. The van der Waals surface area contributed by atoms with Gasteiger partial charge in [-0.3, -0.25) is 20.1 Å². The summed E-state index contributed by atoms with van der Waals surface area (Å²) in [5, 5.41) is 11.4. The van der Waals surface area contributed by atoms with Gasteiger partial charge in [0.25, 0.3) is 0 Å². The maximum Gasteiger partial charge on any atom is 0.159 e. The van der Waals surface area contributed by atoms with E-state index in [1.807, 2.05) is 38.1 Å². The van der Waals surface area contributed by atoms with Gasteiger partial charge in [-0.15, -0.1) is 0 Å². The molecule has 0 aliphatic rings. The number of hydrogen-bond acceptors (Lipinski definition) is 6. The Balaban J connectivity index is 1.48. The van der Waals surface area contributed by atoms with Crippen LogP contribution >= 0.6 is 0 Å². The fourth-order valence-corrected chi connectivity index (χ4v) is 4.20. The van der Waals surface area contributed by atoms with Crippen molar-refractivity contribution in [3.05, 3.63) is 73.2 Å². The Morgan fingerprint density at radius 1 is 0.914 bits per heavy atom. The fraction of sp³-hybridized carbons (Fsp3) is 0.115. The van der Waals surface area contributed by atoms with E-state index in [4.69, 9.17) is 4.98 Å². The zero-order valence-corrected chi connectivity index (χ0v) is 19.0. The summed E-state index contributed by atoms with van der Waals surface area (Å²) >= 11 is 0. The van der Waals surface area contributed by atoms with Gasteiger partial charge in [0.05, 0.1) is 22.4 Å². The number of imidazole rings is 1. The van der Waals surface area contributed by atoms with E-state index in [0.717, 1.165) is 27.8 Å². The van der Waals surface area contributed by atoms with Crippen molar-refractivity contribution in [2.75, 3.05) is 5.32 Å². The summed E-state index contributed by atoms with van der Waals surface area (Å²) < 4.78 is 15.1. The molecule has 9 heteroatoms. The molecule has 0 amide bonds. The summed E-state index contributed by atoms with van der Waals surface area (Å²) in [6, 6.07) is 11.0. The Kier molecular flexibility index (Phi) is 4.95. The largest absolute Gasteiger partial charge is 0.382 e. The van der Waals surface area contributed by atoms with E-state index in [1.165, 1.54) is 6.07 Å². The minimum atomic E-state index is -0.358. The van der Waals surface area contributed by atoms with Gasteiger partial charge in [0.1, 0.15) is 17.0 Å². The number of nitrogens with one attached hydrogen (secondary N) is 3. The van der Waals surface area contributed by atoms with E-state index in [0.29, 0.717) is 33.7 Å². The lowest BCUT2D eigenvalue weighted by Crippen LogP contribution is -2.09. The van der Waals surface area contributed by atoms with Crippen molar-refractivity contribution < 1.29 is 4.39 Å². The van der Waals surface area contributed by atoms with Crippen molar-refractivity contribution in [1.29, 1.82) is 0 Å². The van der Waals surface area contributed by atoms with Crippen LogP contribution in [0.5, 0.6) is 0 Å². The molecule has 3 N–H and O–H groups in total. The number of halogens is 1. The number of H-pyrrole nitrogens is 2. The first kappa shape index (κ1) is 20.9. The molecule has 0 fully saturated rings. The van der Waals surface area contributed by atoms with Crippen LogP contribution in [-0.2, 0) is 0 Å². The lowest BCUT2D eigenvalue weighted by atomic mass is 10.0. The lowest BCUT2D eigenvalue weighted by molar-refractivity contribution is 0.632. The number of benzene rings is 1. The van der Waals surface area contributed by atoms with Crippen LogP contribution in [0.3, 0.4) is 0 Å².